The van der Waals surface area contributed by atoms with Gasteiger partial charge in [0, 0.05) is 31.4 Å². The maximum absolute atomic E-state index is 12.5. The smallest absolute Gasteiger partial charge is 0.250 e. The van der Waals surface area contributed by atoms with Gasteiger partial charge in [-0.15, -0.1) is 0 Å². The van der Waals surface area contributed by atoms with Gasteiger partial charge in [-0.2, -0.15) is 0 Å². The maximum Gasteiger partial charge on any atom is 0.250 e. The van der Waals surface area contributed by atoms with Crippen LogP contribution in [0.1, 0.15) is 46.0 Å². The highest BCUT2D eigenvalue weighted by atomic mass is 32.2. The first-order valence-corrected chi connectivity index (χ1v) is 12.7. The molecule has 0 aromatic heterocycles. The maximum atomic E-state index is 12.5. The van der Waals surface area contributed by atoms with Crippen molar-refractivity contribution < 1.29 is 9.53 Å². The van der Waals surface area contributed by atoms with E-state index >= 15 is 0 Å². The van der Waals surface area contributed by atoms with Crippen LogP contribution in [-0.4, -0.2) is 56.0 Å². The fraction of sp³-hybridized carbons (Fsp3) is 0.500. The van der Waals surface area contributed by atoms with E-state index in [4.69, 9.17) is 9.88 Å². The number of hydrogen-bond donors (Lipinski definition) is 2. The number of rotatable bonds is 17. The van der Waals surface area contributed by atoms with Crippen LogP contribution >= 0.6 is 11.9 Å². The van der Waals surface area contributed by atoms with Gasteiger partial charge < -0.3 is 19.9 Å². The fourth-order valence-electron chi connectivity index (χ4n) is 2.98. The topological polar surface area (TPSA) is 70.8 Å². The molecule has 0 saturated carbocycles. The standard InChI is InChI=1S/C26H42N4O2S/c1-6-8-18-30(19-9-7-2)21-24(32-23-14-11-10-12-15-23)25(33-27)20-22(3)26(31)28-16-13-17-29(4)5/h10-12,14-15,20-21H,3,6-9,13,16-19,27H2,1-2,4-5H3,(H,28,31)/b24-21-,25-20+. The molecule has 184 valence electrons. The van der Waals surface area contributed by atoms with Crippen LogP contribution in [0.5, 0.6) is 5.75 Å². The van der Waals surface area contributed by atoms with Gasteiger partial charge in [0.15, 0.2) is 5.76 Å². The Balaban J connectivity index is 3.10. The number of ether oxygens (including phenoxy) is 1. The van der Waals surface area contributed by atoms with Gasteiger partial charge in [-0.1, -0.05) is 51.5 Å². The van der Waals surface area contributed by atoms with Gasteiger partial charge in [-0.05, 0) is 70.1 Å². The summed E-state index contributed by atoms with van der Waals surface area (Å²) in [6, 6.07) is 9.61. The molecule has 0 saturated heterocycles. The molecule has 0 radical (unpaired) electrons. The molecule has 1 aromatic rings. The third-order valence-corrected chi connectivity index (χ3v) is 5.48. The van der Waals surface area contributed by atoms with Crippen molar-refractivity contribution in [3.63, 3.8) is 0 Å². The van der Waals surface area contributed by atoms with Crippen molar-refractivity contribution in [1.82, 2.24) is 15.1 Å². The average Bonchev–Trinajstić information content (AvgIpc) is 2.81. The number of para-hydroxylation sites is 1. The molecule has 0 unspecified atom stereocenters. The highest BCUT2D eigenvalue weighted by Crippen LogP contribution is 2.26. The minimum absolute atomic E-state index is 0.201. The van der Waals surface area contributed by atoms with E-state index < -0.39 is 0 Å². The summed E-state index contributed by atoms with van der Waals surface area (Å²) in [6.45, 7) is 11.7. The van der Waals surface area contributed by atoms with E-state index in [-0.39, 0.29) is 5.91 Å². The quantitative estimate of drug-likeness (QED) is 0.110. The van der Waals surface area contributed by atoms with Crippen LogP contribution in [0.15, 0.2) is 65.4 Å². The van der Waals surface area contributed by atoms with E-state index in [9.17, 15) is 4.79 Å². The number of benzene rings is 1. The van der Waals surface area contributed by atoms with E-state index in [0.29, 0.717) is 28.5 Å². The van der Waals surface area contributed by atoms with Crippen molar-refractivity contribution in [3.05, 3.63) is 65.4 Å². The van der Waals surface area contributed by atoms with Crippen LogP contribution in [0.25, 0.3) is 0 Å². The Morgan fingerprint density at radius 1 is 1.09 bits per heavy atom. The Hall–Kier alpha value is -2.22. The second-order valence-corrected chi connectivity index (χ2v) is 8.89. The van der Waals surface area contributed by atoms with Gasteiger partial charge >= 0.3 is 0 Å². The van der Waals surface area contributed by atoms with E-state index in [0.717, 1.165) is 63.7 Å². The fourth-order valence-corrected chi connectivity index (χ4v) is 3.40. The summed E-state index contributed by atoms with van der Waals surface area (Å²) >= 11 is 1.06. The zero-order valence-corrected chi connectivity index (χ0v) is 21.6. The minimum atomic E-state index is -0.201. The van der Waals surface area contributed by atoms with Gasteiger partial charge in [0.1, 0.15) is 5.75 Å². The zero-order valence-electron chi connectivity index (χ0n) is 20.8. The first-order valence-electron chi connectivity index (χ1n) is 11.8. The number of carbonyl (C=O) groups is 1. The molecule has 7 heteroatoms. The number of amides is 1. The molecule has 0 aliphatic carbocycles. The van der Waals surface area contributed by atoms with Gasteiger partial charge in [0.2, 0.25) is 0 Å². The van der Waals surface area contributed by atoms with E-state index in [1.54, 1.807) is 6.08 Å². The molecule has 0 heterocycles. The lowest BCUT2D eigenvalue weighted by Gasteiger charge is -2.22. The molecule has 0 spiro atoms. The normalized spacial score (nSPS) is 12.1. The van der Waals surface area contributed by atoms with E-state index in [1.807, 2.05) is 50.6 Å². The van der Waals surface area contributed by atoms with Crippen molar-refractivity contribution in [2.24, 2.45) is 5.14 Å². The Bertz CT molecular complexity index is 755. The molecule has 0 aliphatic rings. The SMILES string of the molecule is C=C(/C=C(SN)\C(=C\N(CCCC)CCCC)Oc1ccccc1)C(=O)NCCCN(C)C. The monoisotopic (exact) mass is 474 g/mol. The number of nitrogens with two attached hydrogens (primary N) is 1. The van der Waals surface area contributed by atoms with Crippen LogP contribution in [-0.2, 0) is 4.79 Å². The lowest BCUT2D eigenvalue weighted by Crippen LogP contribution is -2.27. The Kier molecular flexibility index (Phi) is 15.1. The van der Waals surface area contributed by atoms with Gasteiger partial charge in [0.25, 0.3) is 5.91 Å². The molecule has 0 aliphatic heterocycles. The largest absolute Gasteiger partial charge is 0.455 e. The predicted octanol–water partition coefficient (Wildman–Crippen LogP) is 4.92. The number of hydrogen-bond acceptors (Lipinski definition) is 6. The number of carbonyl (C=O) groups excluding carboxylic acids is 1. The van der Waals surface area contributed by atoms with Crippen molar-refractivity contribution in [2.45, 2.75) is 46.0 Å². The molecule has 0 fully saturated rings. The van der Waals surface area contributed by atoms with Crippen molar-refractivity contribution >= 4 is 17.9 Å². The molecular weight excluding hydrogens is 432 g/mol. The first-order chi connectivity index (χ1) is 15.9. The summed E-state index contributed by atoms with van der Waals surface area (Å²) in [5.41, 5.74) is 0.351. The van der Waals surface area contributed by atoms with Crippen LogP contribution in [0.3, 0.4) is 0 Å². The summed E-state index contributed by atoms with van der Waals surface area (Å²) in [4.78, 5) is 17.6. The number of nitrogens with one attached hydrogen (secondary N) is 1. The lowest BCUT2D eigenvalue weighted by atomic mass is 10.2. The number of unbranched alkanes of at least 4 members (excludes halogenated alkanes) is 2. The van der Waals surface area contributed by atoms with Gasteiger partial charge in [-0.25, -0.2) is 0 Å². The second kappa shape index (κ2) is 17.3. The highest BCUT2D eigenvalue weighted by Gasteiger charge is 2.14. The molecule has 1 rings (SSSR count). The summed E-state index contributed by atoms with van der Waals surface area (Å²) in [5, 5.41) is 8.96. The zero-order chi connectivity index (χ0) is 24.5. The molecule has 33 heavy (non-hydrogen) atoms. The third-order valence-electron chi connectivity index (χ3n) is 4.90. The molecule has 3 N–H and O–H groups in total. The third kappa shape index (κ3) is 12.6. The minimum Gasteiger partial charge on any atom is -0.455 e. The van der Waals surface area contributed by atoms with E-state index in [2.05, 4.69) is 35.5 Å². The van der Waals surface area contributed by atoms with Crippen LogP contribution < -0.4 is 15.2 Å². The lowest BCUT2D eigenvalue weighted by molar-refractivity contribution is -0.117. The summed E-state index contributed by atoms with van der Waals surface area (Å²) < 4.78 is 6.24. The van der Waals surface area contributed by atoms with Crippen LogP contribution in [0.2, 0.25) is 0 Å². The molecule has 0 bridgehead atoms. The first kappa shape index (κ1) is 28.8. The van der Waals surface area contributed by atoms with Crippen molar-refractivity contribution in [2.75, 3.05) is 40.3 Å². The summed E-state index contributed by atoms with van der Waals surface area (Å²) in [5.74, 6) is 1.13. The summed E-state index contributed by atoms with van der Waals surface area (Å²) in [6.07, 6.45) is 9.02. The van der Waals surface area contributed by atoms with Gasteiger partial charge in [0.05, 0.1) is 4.91 Å². The summed E-state index contributed by atoms with van der Waals surface area (Å²) in [7, 11) is 4.03. The molecule has 1 aromatic carbocycles. The molecule has 0 atom stereocenters. The predicted molar refractivity (Wildman–Crippen MR) is 142 cm³/mol. The van der Waals surface area contributed by atoms with Gasteiger partial charge in [-0.3, -0.25) is 9.93 Å². The molecule has 6 nitrogen and oxygen atoms in total. The second-order valence-electron chi connectivity index (χ2n) is 8.22. The van der Waals surface area contributed by atoms with E-state index in [1.165, 1.54) is 0 Å². The Labute approximate surface area is 205 Å². The van der Waals surface area contributed by atoms with Crippen molar-refractivity contribution in [1.29, 1.82) is 0 Å². The average molecular weight is 475 g/mol. The van der Waals surface area contributed by atoms with Crippen LogP contribution in [0.4, 0.5) is 0 Å². The highest BCUT2D eigenvalue weighted by molar-refractivity contribution is 8.01. The molecule has 1 amide bonds. The Morgan fingerprint density at radius 3 is 2.27 bits per heavy atom. The Morgan fingerprint density at radius 2 is 1.73 bits per heavy atom. The van der Waals surface area contributed by atoms with Crippen molar-refractivity contribution in [3.8, 4) is 5.75 Å². The number of nitrogens with zero attached hydrogens (tertiary/aromatic N) is 2. The van der Waals surface area contributed by atoms with Crippen LogP contribution in [0, 0.1) is 0 Å². The molecular formula is C26H42N4O2S.